The van der Waals surface area contributed by atoms with Gasteiger partial charge in [-0.2, -0.15) is 0 Å². The van der Waals surface area contributed by atoms with Crippen LogP contribution < -0.4 is 5.32 Å². The Morgan fingerprint density at radius 2 is 2.05 bits per heavy atom. The molecule has 20 heavy (non-hydrogen) atoms. The van der Waals surface area contributed by atoms with Crippen molar-refractivity contribution in [1.82, 2.24) is 10.3 Å². The summed E-state index contributed by atoms with van der Waals surface area (Å²) in [4.78, 5) is 17.7. The van der Waals surface area contributed by atoms with Gasteiger partial charge in [-0.25, -0.2) is 0 Å². The number of aromatic nitrogens is 1. The number of hydrogen-bond acceptors (Lipinski definition) is 3. The molecule has 1 aliphatic rings. The first-order valence-electron chi connectivity index (χ1n) is 7.14. The third kappa shape index (κ3) is 3.07. The molecular formula is C16H18N2OS. The van der Waals surface area contributed by atoms with Crippen molar-refractivity contribution in [2.75, 3.05) is 0 Å². The van der Waals surface area contributed by atoms with Gasteiger partial charge in [0.15, 0.2) is 0 Å². The maximum Gasteiger partial charge on any atom is 0.253 e. The molecule has 3 nitrogen and oxygen atoms in total. The van der Waals surface area contributed by atoms with E-state index in [0.717, 1.165) is 23.4 Å². The summed E-state index contributed by atoms with van der Waals surface area (Å²) in [6.45, 7) is 0. The molecule has 104 valence electrons. The molecule has 0 saturated heterocycles. The summed E-state index contributed by atoms with van der Waals surface area (Å²) in [6, 6.07) is 8.16. The first-order chi connectivity index (χ1) is 9.83. The Kier molecular flexibility index (Phi) is 4.11. The summed E-state index contributed by atoms with van der Waals surface area (Å²) in [7, 11) is 0. The van der Waals surface area contributed by atoms with E-state index in [1.807, 2.05) is 29.6 Å². The molecule has 1 saturated carbocycles. The minimum Gasteiger partial charge on any atom is -0.349 e. The molecule has 0 unspecified atom stereocenters. The zero-order valence-corrected chi connectivity index (χ0v) is 12.2. The van der Waals surface area contributed by atoms with Crippen molar-refractivity contribution in [2.24, 2.45) is 0 Å². The van der Waals surface area contributed by atoms with Gasteiger partial charge in [-0.3, -0.25) is 9.78 Å². The van der Waals surface area contributed by atoms with Crippen LogP contribution in [-0.4, -0.2) is 16.9 Å². The lowest BCUT2D eigenvalue weighted by Gasteiger charge is -2.22. The number of amides is 1. The van der Waals surface area contributed by atoms with Crippen LogP contribution in [0.3, 0.4) is 0 Å². The van der Waals surface area contributed by atoms with Gasteiger partial charge in [0.05, 0.1) is 16.1 Å². The number of pyridine rings is 1. The number of thiophene rings is 1. The van der Waals surface area contributed by atoms with Crippen LogP contribution in [-0.2, 0) is 0 Å². The molecular weight excluding hydrogens is 268 g/mol. The zero-order valence-electron chi connectivity index (χ0n) is 11.3. The fraction of sp³-hybridized carbons (Fsp3) is 0.375. The first kappa shape index (κ1) is 13.3. The van der Waals surface area contributed by atoms with Crippen LogP contribution in [0.4, 0.5) is 0 Å². The molecule has 0 spiro atoms. The first-order valence-corrected chi connectivity index (χ1v) is 8.02. The highest BCUT2D eigenvalue weighted by Gasteiger charge is 2.16. The van der Waals surface area contributed by atoms with Gasteiger partial charge in [-0.15, -0.1) is 11.3 Å². The molecule has 1 N–H and O–H groups in total. The minimum absolute atomic E-state index is 0.00197. The van der Waals surface area contributed by atoms with Gasteiger partial charge in [-0.1, -0.05) is 25.3 Å². The van der Waals surface area contributed by atoms with Crippen LogP contribution >= 0.6 is 11.3 Å². The molecule has 0 bridgehead atoms. The minimum atomic E-state index is 0.00197. The molecule has 1 aliphatic carbocycles. The Morgan fingerprint density at radius 3 is 2.70 bits per heavy atom. The molecule has 2 aromatic rings. The summed E-state index contributed by atoms with van der Waals surface area (Å²) in [6.07, 6.45) is 7.62. The third-order valence-corrected chi connectivity index (χ3v) is 4.63. The zero-order chi connectivity index (χ0) is 13.8. The van der Waals surface area contributed by atoms with Crippen LogP contribution in [0.2, 0.25) is 0 Å². The standard InChI is InChI=1S/C16H18N2OS/c19-16(18-13-5-2-1-3-6-13)12-8-9-14(17-11-12)15-7-4-10-20-15/h4,7-11,13H,1-3,5-6H2,(H,18,19). The van der Waals surface area contributed by atoms with Gasteiger partial charge < -0.3 is 5.32 Å². The van der Waals surface area contributed by atoms with E-state index in [1.54, 1.807) is 17.5 Å². The monoisotopic (exact) mass is 286 g/mol. The lowest BCUT2D eigenvalue weighted by molar-refractivity contribution is 0.0927. The maximum absolute atomic E-state index is 12.2. The number of carbonyl (C=O) groups is 1. The Bertz CT molecular complexity index is 557. The lowest BCUT2D eigenvalue weighted by Crippen LogP contribution is -2.36. The molecule has 0 atom stereocenters. The number of hydrogen-bond donors (Lipinski definition) is 1. The second-order valence-corrected chi connectivity index (χ2v) is 6.17. The molecule has 0 aromatic carbocycles. The van der Waals surface area contributed by atoms with Crippen LogP contribution in [0.15, 0.2) is 35.8 Å². The van der Waals surface area contributed by atoms with Gasteiger partial charge in [0.2, 0.25) is 0 Å². The number of nitrogens with zero attached hydrogens (tertiary/aromatic N) is 1. The van der Waals surface area contributed by atoms with Crippen molar-refractivity contribution in [3.8, 4) is 10.6 Å². The predicted octanol–water partition coefficient (Wildman–Crippen LogP) is 3.87. The van der Waals surface area contributed by atoms with Crippen LogP contribution in [0, 0.1) is 0 Å². The van der Waals surface area contributed by atoms with Gasteiger partial charge in [0, 0.05) is 12.2 Å². The SMILES string of the molecule is O=C(NC1CCCCC1)c1ccc(-c2cccs2)nc1. The number of rotatable bonds is 3. The quantitative estimate of drug-likeness (QED) is 0.930. The summed E-state index contributed by atoms with van der Waals surface area (Å²) < 4.78 is 0. The fourth-order valence-corrected chi connectivity index (χ4v) is 3.32. The average Bonchev–Trinajstić information content (AvgIpc) is 3.03. The normalized spacial score (nSPS) is 16.0. The predicted molar refractivity (Wildman–Crippen MR) is 81.9 cm³/mol. The smallest absolute Gasteiger partial charge is 0.253 e. The molecule has 4 heteroatoms. The van der Waals surface area contributed by atoms with Crippen molar-refractivity contribution in [3.63, 3.8) is 0 Å². The topological polar surface area (TPSA) is 42.0 Å². The molecule has 1 amide bonds. The molecule has 1 fully saturated rings. The van der Waals surface area contributed by atoms with Gasteiger partial charge >= 0.3 is 0 Å². The van der Waals surface area contributed by atoms with Crippen molar-refractivity contribution >= 4 is 17.2 Å². The Morgan fingerprint density at radius 1 is 1.20 bits per heavy atom. The van der Waals surface area contributed by atoms with Gasteiger partial charge in [-0.05, 0) is 36.4 Å². The van der Waals surface area contributed by atoms with E-state index in [-0.39, 0.29) is 5.91 Å². The van der Waals surface area contributed by atoms with E-state index in [9.17, 15) is 4.79 Å². The van der Waals surface area contributed by atoms with E-state index in [0.29, 0.717) is 11.6 Å². The van der Waals surface area contributed by atoms with Crippen LogP contribution in [0.25, 0.3) is 10.6 Å². The van der Waals surface area contributed by atoms with Crippen molar-refractivity contribution < 1.29 is 4.79 Å². The molecule has 0 radical (unpaired) electrons. The van der Waals surface area contributed by atoms with Crippen molar-refractivity contribution in [1.29, 1.82) is 0 Å². The molecule has 0 aliphatic heterocycles. The van der Waals surface area contributed by atoms with E-state index in [4.69, 9.17) is 0 Å². The maximum atomic E-state index is 12.2. The Labute approximate surface area is 123 Å². The van der Waals surface area contributed by atoms with Gasteiger partial charge in [0.25, 0.3) is 5.91 Å². The number of carbonyl (C=O) groups excluding carboxylic acids is 1. The van der Waals surface area contributed by atoms with E-state index >= 15 is 0 Å². The second-order valence-electron chi connectivity index (χ2n) is 5.22. The number of nitrogens with one attached hydrogen (secondary N) is 1. The van der Waals surface area contributed by atoms with Gasteiger partial charge in [0.1, 0.15) is 0 Å². The highest BCUT2D eigenvalue weighted by Crippen LogP contribution is 2.22. The highest BCUT2D eigenvalue weighted by atomic mass is 32.1. The largest absolute Gasteiger partial charge is 0.349 e. The Hall–Kier alpha value is -1.68. The van der Waals surface area contributed by atoms with Crippen molar-refractivity contribution in [3.05, 3.63) is 41.4 Å². The van der Waals surface area contributed by atoms with Crippen LogP contribution in [0.5, 0.6) is 0 Å². The average molecular weight is 286 g/mol. The highest BCUT2D eigenvalue weighted by molar-refractivity contribution is 7.13. The summed E-state index contributed by atoms with van der Waals surface area (Å²) >= 11 is 1.66. The summed E-state index contributed by atoms with van der Waals surface area (Å²) in [5.74, 6) is 0.00197. The Balaban J connectivity index is 1.66. The van der Waals surface area contributed by atoms with E-state index < -0.39 is 0 Å². The fourth-order valence-electron chi connectivity index (χ4n) is 2.61. The third-order valence-electron chi connectivity index (χ3n) is 3.74. The molecule has 2 heterocycles. The summed E-state index contributed by atoms with van der Waals surface area (Å²) in [5, 5.41) is 5.14. The van der Waals surface area contributed by atoms with E-state index in [1.165, 1.54) is 19.3 Å². The molecule has 2 aromatic heterocycles. The second kappa shape index (κ2) is 6.18. The lowest BCUT2D eigenvalue weighted by atomic mass is 9.95. The molecule has 3 rings (SSSR count). The summed E-state index contributed by atoms with van der Waals surface area (Å²) in [5.41, 5.74) is 1.57. The van der Waals surface area contributed by atoms with Crippen LogP contribution in [0.1, 0.15) is 42.5 Å². The van der Waals surface area contributed by atoms with E-state index in [2.05, 4.69) is 10.3 Å². The van der Waals surface area contributed by atoms with Crippen molar-refractivity contribution in [2.45, 2.75) is 38.1 Å².